The molecule has 13 heavy (non-hydrogen) atoms. The zero-order valence-corrected chi connectivity index (χ0v) is 9.23. The Morgan fingerprint density at radius 3 is 0.846 bits per heavy atom. The molecular weight excluding hydrogens is 190 g/mol. The van der Waals surface area contributed by atoms with E-state index in [4.69, 9.17) is 0 Å². The summed E-state index contributed by atoms with van der Waals surface area (Å²) in [6.07, 6.45) is 0. The molecule has 0 aliphatic rings. The van der Waals surface area contributed by atoms with Crippen LogP contribution in [0.3, 0.4) is 0 Å². The van der Waals surface area contributed by atoms with E-state index in [1.54, 1.807) is 0 Å². The van der Waals surface area contributed by atoms with Gasteiger partial charge in [0.2, 0.25) is 0 Å². The van der Waals surface area contributed by atoms with Crippen LogP contribution in [-0.2, 0) is 17.1 Å². The third-order valence-electron chi connectivity index (χ3n) is 1.11. The molecule has 0 N–H and O–H groups in total. The van der Waals surface area contributed by atoms with E-state index in [0.29, 0.717) is 0 Å². The maximum atomic E-state index is 2.00. The summed E-state index contributed by atoms with van der Waals surface area (Å²) >= 11 is 0. The fourth-order valence-corrected chi connectivity index (χ4v) is 0.642. The van der Waals surface area contributed by atoms with Crippen molar-refractivity contribution in [2.45, 2.75) is 0 Å². The van der Waals surface area contributed by atoms with E-state index in [1.807, 2.05) is 60.7 Å². The first-order valence-electron chi connectivity index (χ1n) is 3.33. The second-order valence-corrected chi connectivity index (χ2v) is 1.92. The van der Waals surface area contributed by atoms with Crippen molar-refractivity contribution >= 4 is 37.7 Å². The largest absolute Gasteiger partial charge is 2.00 e. The first kappa shape index (κ1) is 19.1. The Morgan fingerprint density at radius 1 is 0.538 bits per heavy atom. The van der Waals surface area contributed by atoms with Crippen molar-refractivity contribution in [2.24, 2.45) is 0 Å². The van der Waals surface area contributed by atoms with Crippen molar-refractivity contribution in [1.82, 2.24) is 0 Å². The zero-order valence-electron chi connectivity index (χ0n) is 8.13. The molecule has 0 heterocycles. The van der Waals surface area contributed by atoms with Crippen molar-refractivity contribution in [3.63, 3.8) is 0 Å². The monoisotopic (exact) mass is 200 g/mol. The number of rotatable bonds is 0. The van der Waals surface area contributed by atoms with Gasteiger partial charge in [0.25, 0.3) is 0 Å². The topological polar surface area (TPSA) is 0 Å². The van der Waals surface area contributed by atoms with Crippen LogP contribution in [0.1, 0.15) is 0 Å². The third kappa shape index (κ3) is 12.4. The van der Waals surface area contributed by atoms with Crippen molar-refractivity contribution in [2.75, 3.05) is 0 Å². The molecule has 2 rings (SSSR count). The van der Waals surface area contributed by atoms with E-state index in [1.165, 1.54) is 0 Å². The van der Waals surface area contributed by atoms with Gasteiger partial charge >= 0.3 is 17.1 Å². The summed E-state index contributed by atoms with van der Waals surface area (Å²) < 4.78 is 0. The van der Waals surface area contributed by atoms with Gasteiger partial charge in [0.1, 0.15) is 0 Å². The molecule has 0 nitrogen and oxygen atoms in total. The van der Waals surface area contributed by atoms with E-state index in [-0.39, 0.29) is 54.8 Å². The van der Waals surface area contributed by atoms with Crippen LogP contribution in [0.2, 0.25) is 0 Å². The molecule has 0 aliphatic carbocycles. The Balaban J connectivity index is -0.000000125. The molecule has 0 aliphatic heterocycles. The van der Waals surface area contributed by atoms with Crippen LogP contribution in [0.15, 0.2) is 60.7 Å². The van der Waals surface area contributed by atoms with Crippen LogP contribution in [-0.4, -0.2) is 37.7 Å². The molecule has 60 valence electrons. The summed E-state index contributed by atoms with van der Waals surface area (Å²) in [5.41, 5.74) is 0. The fourth-order valence-electron chi connectivity index (χ4n) is 0.642. The summed E-state index contributed by atoms with van der Waals surface area (Å²) in [7, 11) is 0. The van der Waals surface area contributed by atoms with Crippen LogP contribution in [0.25, 0.3) is 0 Å². The molecule has 0 unspecified atom stereocenters. The molecule has 0 aromatic heterocycles. The maximum Gasteiger partial charge on any atom is 2.00 e. The molecule has 0 saturated heterocycles. The second kappa shape index (κ2) is 14.9. The van der Waals surface area contributed by atoms with Gasteiger partial charge in [0.15, 0.2) is 0 Å². The molecule has 3 heteroatoms. The second-order valence-electron chi connectivity index (χ2n) is 1.92. The van der Waals surface area contributed by atoms with Gasteiger partial charge < -0.3 is 0 Å². The van der Waals surface area contributed by atoms with Crippen LogP contribution < -0.4 is 0 Å². The molecule has 0 fully saturated rings. The summed E-state index contributed by atoms with van der Waals surface area (Å²) in [5, 5.41) is 0. The van der Waals surface area contributed by atoms with Gasteiger partial charge in [-0.15, -0.1) is 0 Å². The van der Waals surface area contributed by atoms with Crippen molar-refractivity contribution in [1.29, 1.82) is 0 Å². The van der Waals surface area contributed by atoms with Crippen LogP contribution in [0.4, 0.5) is 0 Å². The zero-order chi connectivity index (χ0) is 7.07. The molecule has 0 atom stereocenters. The number of hydrogen-bond donors (Lipinski definition) is 0. The van der Waals surface area contributed by atoms with Gasteiger partial charge in [0.05, 0.1) is 0 Å². The van der Waals surface area contributed by atoms with Crippen molar-refractivity contribution < 1.29 is 17.1 Å². The van der Waals surface area contributed by atoms with Gasteiger partial charge in [-0.2, -0.15) is 36.4 Å². The molecule has 0 spiro atoms. The Kier molecular flexibility index (Phi) is 21.9. The van der Waals surface area contributed by atoms with E-state index >= 15 is 0 Å². The summed E-state index contributed by atoms with van der Waals surface area (Å²) in [6.45, 7) is 0. The Morgan fingerprint density at radius 2 is 0.769 bits per heavy atom. The normalized spacial score (nSPS) is 6.15. The van der Waals surface area contributed by atoms with Crippen molar-refractivity contribution in [3.8, 4) is 0 Å². The van der Waals surface area contributed by atoms with Crippen LogP contribution in [0, 0.1) is 0 Å². The SMILES string of the molecule is [Fe+2].[Li].[Li].c1cc[cH-]c1.c1cc[cH-]c1. The molecule has 2 aromatic carbocycles. The predicted molar refractivity (Wildman–Crippen MR) is 55.6 cm³/mol. The van der Waals surface area contributed by atoms with Crippen LogP contribution in [0.5, 0.6) is 0 Å². The van der Waals surface area contributed by atoms with Crippen molar-refractivity contribution in [3.05, 3.63) is 60.7 Å². The molecule has 2 radical (unpaired) electrons. The Labute approximate surface area is 115 Å². The van der Waals surface area contributed by atoms with Gasteiger partial charge in [-0.3, -0.25) is 0 Å². The third-order valence-corrected chi connectivity index (χ3v) is 1.11. The smallest absolute Gasteiger partial charge is 0.214 e. The fraction of sp³-hybridized carbons (Fsp3) is 0. The van der Waals surface area contributed by atoms with Gasteiger partial charge in [-0.05, 0) is 0 Å². The molecule has 0 saturated carbocycles. The minimum Gasteiger partial charge on any atom is -0.214 e. The predicted octanol–water partition coefficient (Wildman–Crippen LogP) is 2.05. The first-order valence-corrected chi connectivity index (χ1v) is 3.33. The molecule has 2 aromatic rings. The Bertz CT molecular complexity index is 152. The van der Waals surface area contributed by atoms with Crippen LogP contribution >= 0.6 is 0 Å². The summed E-state index contributed by atoms with van der Waals surface area (Å²) in [4.78, 5) is 0. The average molecular weight is 200 g/mol. The first-order chi connectivity index (χ1) is 5.00. The Hall–Kier alpha value is 0.414. The van der Waals surface area contributed by atoms with Gasteiger partial charge in [0, 0.05) is 37.7 Å². The summed E-state index contributed by atoms with van der Waals surface area (Å²) in [5.74, 6) is 0. The quantitative estimate of drug-likeness (QED) is 0.450. The van der Waals surface area contributed by atoms with Gasteiger partial charge in [-0.1, -0.05) is 0 Å². The minimum atomic E-state index is 0. The number of hydrogen-bond acceptors (Lipinski definition) is 0. The van der Waals surface area contributed by atoms with E-state index < -0.39 is 0 Å². The summed E-state index contributed by atoms with van der Waals surface area (Å²) in [6, 6.07) is 20.0. The molecule has 0 bridgehead atoms. The van der Waals surface area contributed by atoms with E-state index in [9.17, 15) is 0 Å². The standard InChI is InChI=1S/2C5H5.Fe.2Li/c2*1-2-4-5-3-1;;;/h2*1-5H;;;/q2*-1;+2;;. The average Bonchev–Trinajstić information content (AvgIpc) is 2.67. The van der Waals surface area contributed by atoms with E-state index in [2.05, 4.69) is 0 Å². The minimum absolute atomic E-state index is 0. The molecular formula is C10H10FeLi2. The molecule has 0 amide bonds. The maximum absolute atomic E-state index is 2.00. The van der Waals surface area contributed by atoms with Gasteiger partial charge in [-0.25, -0.2) is 24.3 Å². The van der Waals surface area contributed by atoms with E-state index in [0.717, 1.165) is 0 Å².